The molecule has 0 fully saturated rings. The van der Waals surface area contributed by atoms with Crippen LogP contribution in [0.1, 0.15) is 29.3 Å². The lowest BCUT2D eigenvalue weighted by molar-refractivity contribution is -0.116. The first-order chi connectivity index (χ1) is 23.9. The zero-order valence-corrected chi connectivity index (χ0v) is 28.7. The van der Waals surface area contributed by atoms with Gasteiger partial charge in [0.2, 0.25) is 5.91 Å². The fraction of sp³-hybridized carbons (Fsp3) is 0.0769. The topological polar surface area (TPSA) is 100 Å². The summed E-state index contributed by atoms with van der Waals surface area (Å²) in [6.07, 6.45) is 2.12. The van der Waals surface area contributed by atoms with Gasteiger partial charge in [0, 0.05) is 32.1 Å². The van der Waals surface area contributed by atoms with Gasteiger partial charge in [0.05, 0.1) is 10.9 Å². The van der Waals surface area contributed by atoms with Gasteiger partial charge in [-0.05, 0) is 71.3 Å². The third kappa shape index (κ3) is 8.63. The molecule has 0 saturated carbocycles. The number of hydrogen-bond acceptors (Lipinski definition) is 6. The molecule has 0 saturated heterocycles. The van der Waals surface area contributed by atoms with Crippen molar-refractivity contribution in [3.05, 3.63) is 149 Å². The van der Waals surface area contributed by atoms with Crippen LogP contribution in [0.3, 0.4) is 0 Å². The van der Waals surface area contributed by atoms with Gasteiger partial charge in [-0.2, -0.15) is 0 Å². The highest BCUT2D eigenvalue weighted by molar-refractivity contribution is 8.00. The molecule has 1 unspecified atom stereocenters. The molecular weight excluding hydrogens is 672 g/mol. The molecule has 6 rings (SSSR count). The van der Waals surface area contributed by atoms with Crippen molar-refractivity contribution in [2.75, 3.05) is 10.6 Å². The van der Waals surface area contributed by atoms with E-state index in [0.717, 1.165) is 26.9 Å². The third-order valence-electron chi connectivity index (χ3n) is 7.55. The molecule has 0 radical (unpaired) electrons. The number of thioether (sulfide) groups is 1. The molecule has 1 atom stereocenters. The lowest BCUT2D eigenvalue weighted by Crippen LogP contribution is -2.30. The van der Waals surface area contributed by atoms with Crippen molar-refractivity contribution in [1.29, 1.82) is 0 Å². The van der Waals surface area contributed by atoms with Gasteiger partial charge in [0.25, 0.3) is 11.8 Å². The second-order valence-electron chi connectivity index (χ2n) is 11.0. The Kier molecular flexibility index (Phi) is 10.8. The Morgan fingerprint density at radius 2 is 1.59 bits per heavy atom. The number of aromatic nitrogens is 1. The maximum atomic E-state index is 13.6. The molecule has 49 heavy (non-hydrogen) atoms. The number of fused-ring (bicyclic) bond motifs is 1. The summed E-state index contributed by atoms with van der Waals surface area (Å²) in [6, 6.07) is 37.3. The maximum absolute atomic E-state index is 13.6. The van der Waals surface area contributed by atoms with Crippen LogP contribution < -0.4 is 16.0 Å². The van der Waals surface area contributed by atoms with E-state index in [-0.39, 0.29) is 11.6 Å². The van der Waals surface area contributed by atoms with Crippen molar-refractivity contribution in [3.63, 3.8) is 0 Å². The van der Waals surface area contributed by atoms with Crippen molar-refractivity contribution in [1.82, 2.24) is 10.3 Å². The summed E-state index contributed by atoms with van der Waals surface area (Å²) >= 11 is 9.15. The van der Waals surface area contributed by atoms with Gasteiger partial charge < -0.3 is 16.0 Å². The molecule has 10 heteroatoms. The first-order valence-corrected chi connectivity index (χ1v) is 17.7. The number of carbonyl (C=O) groups excluding carboxylic acids is 3. The molecule has 244 valence electrons. The second kappa shape index (κ2) is 15.8. The van der Waals surface area contributed by atoms with Crippen molar-refractivity contribution in [3.8, 4) is 11.3 Å². The van der Waals surface area contributed by atoms with E-state index >= 15 is 0 Å². The average molecular weight is 703 g/mol. The lowest BCUT2D eigenvalue weighted by atomic mass is 10.1. The minimum Gasteiger partial charge on any atom is -0.321 e. The molecule has 0 aliphatic heterocycles. The number of rotatable bonds is 11. The third-order valence-corrected chi connectivity index (χ3v) is 10.0. The van der Waals surface area contributed by atoms with Gasteiger partial charge in [-0.3, -0.25) is 14.4 Å². The van der Waals surface area contributed by atoms with E-state index in [9.17, 15) is 14.4 Å². The van der Waals surface area contributed by atoms with E-state index < -0.39 is 17.1 Å². The van der Waals surface area contributed by atoms with Gasteiger partial charge >= 0.3 is 0 Å². The van der Waals surface area contributed by atoms with Crippen LogP contribution >= 0.6 is 34.7 Å². The monoisotopic (exact) mass is 702 g/mol. The number of amides is 3. The maximum Gasteiger partial charge on any atom is 0.272 e. The predicted octanol–water partition coefficient (Wildman–Crippen LogP) is 9.54. The van der Waals surface area contributed by atoms with Crippen molar-refractivity contribution in [2.45, 2.75) is 23.5 Å². The summed E-state index contributed by atoms with van der Waals surface area (Å²) in [7, 11) is 0. The van der Waals surface area contributed by atoms with E-state index in [1.165, 1.54) is 23.1 Å². The molecular formula is C39H31ClN4O3S2. The molecule has 1 aromatic heterocycles. The average Bonchev–Trinajstić information content (AvgIpc) is 3.59. The molecule has 3 amide bonds. The molecule has 3 N–H and O–H groups in total. The number of anilines is 2. The Labute approximate surface area is 297 Å². The van der Waals surface area contributed by atoms with E-state index in [1.807, 2.05) is 42.6 Å². The molecule has 0 aliphatic carbocycles. The Balaban J connectivity index is 1.13. The molecule has 0 bridgehead atoms. The van der Waals surface area contributed by atoms with Crippen molar-refractivity contribution < 1.29 is 14.4 Å². The largest absolute Gasteiger partial charge is 0.321 e. The van der Waals surface area contributed by atoms with Crippen LogP contribution in [0.15, 0.2) is 137 Å². The molecule has 0 spiro atoms. The van der Waals surface area contributed by atoms with Gasteiger partial charge in [-0.25, -0.2) is 4.98 Å². The van der Waals surface area contributed by atoms with Gasteiger partial charge in [0.15, 0.2) is 5.13 Å². The van der Waals surface area contributed by atoms with Crippen LogP contribution in [0, 0.1) is 0 Å². The number of nitrogens with zero attached hydrogens (tertiary/aromatic N) is 1. The first-order valence-electron chi connectivity index (χ1n) is 15.5. The highest BCUT2D eigenvalue weighted by Gasteiger charge is 2.21. The van der Waals surface area contributed by atoms with E-state index in [4.69, 9.17) is 11.6 Å². The molecule has 5 aromatic carbocycles. The smallest absolute Gasteiger partial charge is 0.272 e. The fourth-order valence-corrected chi connectivity index (χ4v) is 6.95. The summed E-state index contributed by atoms with van der Waals surface area (Å²) in [5.74, 6) is -1.11. The van der Waals surface area contributed by atoms with Gasteiger partial charge in [0.1, 0.15) is 5.70 Å². The van der Waals surface area contributed by atoms with Gasteiger partial charge in [-0.15, -0.1) is 23.1 Å². The van der Waals surface area contributed by atoms with Crippen LogP contribution in [0.4, 0.5) is 10.8 Å². The number of halogens is 1. The number of nitrogens with one attached hydrogen (secondary N) is 3. The van der Waals surface area contributed by atoms with Crippen LogP contribution in [-0.4, -0.2) is 28.0 Å². The quantitative estimate of drug-likeness (QED) is 0.0923. The minimum atomic E-state index is -0.526. The van der Waals surface area contributed by atoms with Crippen LogP contribution in [0.25, 0.3) is 28.1 Å². The van der Waals surface area contributed by atoms with Crippen LogP contribution in [-0.2, 0) is 9.59 Å². The summed E-state index contributed by atoms with van der Waals surface area (Å²) in [5.41, 5.74) is 3.30. The van der Waals surface area contributed by atoms with Crippen molar-refractivity contribution >= 4 is 80.1 Å². The minimum absolute atomic E-state index is 0.0253. The molecule has 1 heterocycles. The zero-order chi connectivity index (χ0) is 34.2. The van der Waals surface area contributed by atoms with Crippen LogP contribution in [0.2, 0.25) is 5.02 Å². The summed E-state index contributed by atoms with van der Waals surface area (Å²) in [6.45, 7) is 1.95. The number of carbonyl (C=O) groups is 3. The predicted molar refractivity (Wildman–Crippen MR) is 202 cm³/mol. The van der Waals surface area contributed by atoms with Crippen LogP contribution in [0.5, 0.6) is 0 Å². The van der Waals surface area contributed by atoms with E-state index in [1.54, 1.807) is 72.8 Å². The zero-order valence-electron chi connectivity index (χ0n) is 26.4. The Bertz CT molecular complexity index is 2170. The number of thiazole rings is 1. The standard InChI is InChI=1S/C39H31ClN4O3S2/c1-2-35(38(47)44-39-43-34(24-48-39)29-20-19-25-11-6-7-14-27(25)21-29)49-31-17-10-16-30(23-31)41-37(46)33(22-28-15-8-9-18-32(28)40)42-36(45)26-12-4-3-5-13-26/h3-24,35H,2H2,1H3,(H,41,46)(H,42,45)(H,43,44,47)/b33-22+. The number of hydrogen-bond donors (Lipinski definition) is 3. The molecule has 7 nitrogen and oxygen atoms in total. The Morgan fingerprint density at radius 3 is 2.39 bits per heavy atom. The van der Waals surface area contributed by atoms with E-state index in [0.29, 0.717) is 33.4 Å². The normalized spacial score (nSPS) is 11.9. The molecule has 0 aliphatic rings. The second-order valence-corrected chi connectivity index (χ2v) is 13.5. The van der Waals surface area contributed by atoms with Gasteiger partial charge in [-0.1, -0.05) is 97.4 Å². The van der Waals surface area contributed by atoms with Crippen molar-refractivity contribution in [2.24, 2.45) is 0 Å². The SMILES string of the molecule is CCC(Sc1cccc(NC(=O)/C(=C\c2ccccc2Cl)NC(=O)c2ccccc2)c1)C(=O)Nc1nc(-c2ccc3ccccc3c2)cs1. The highest BCUT2D eigenvalue weighted by Crippen LogP contribution is 2.31. The Morgan fingerprint density at radius 1 is 0.837 bits per heavy atom. The summed E-state index contributed by atoms with van der Waals surface area (Å²) < 4.78 is 0. The highest BCUT2D eigenvalue weighted by atomic mass is 35.5. The van der Waals surface area contributed by atoms with E-state index in [2.05, 4.69) is 45.2 Å². The number of benzene rings is 5. The lowest BCUT2D eigenvalue weighted by Gasteiger charge is -2.15. The Hall–Kier alpha value is -5.22. The fourth-order valence-electron chi connectivity index (χ4n) is 5.02. The first kappa shape index (κ1) is 33.7. The molecule has 6 aromatic rings. The summed E-state index contributed by atoms with van der Waals surface area (Å²) in [4.78, 5) is 45.4. The summed E-state index contributed by atoms with van der Waals surface area (Å²) in [5, 5.41) is 13.4.